The zero-order valence-electron chi connectivity index (χ0n) is 10.9. The van der Waals surface area contributed by atoms with Gasteiger partial charge in [0.15, 0.2) is 5.13 Å². The highest BCUT2D eigenvalue weighted by Crippen LogP contribution is 2.13. The molecular formula is C14H11ClN4OS. The molecule has 7 heteroatoms. The summed E-state index contributed by atoms with van der Waals surface area (Å²) in [6, 6.07) is 7.35. The third kappa shape index (κ3) is 3.48. The maximum Gasteiger partial charge on any atom is 0.257 e. The van der Waals surface area contributed by atoms with Gasteiger partial charge in [-0.3, -0.25) is 14.8 Å². The van der Waals surface area contributed by atoms with Gasteiger partial charge in [0.05, 0.1) is 17.8 Å². The number of amides is 1. The third-order valence-electron chi connectivity index (χ3n) is 2.82. The van der Waals surface area contributed by atoms with Crippen LogP contribution >= 0.6 is 22.9 Å². The average Bonchev–Trinajstić information content (AvgIpc) is 3.12. The molecule has 0 atom stereocenters. The molecule has 21 heavy (non-hydrogen) atoms. The van der Waals surface area contributed by atoms with Crippen molar-refractivity contribution in [3.05, 3.63) is 64.4 Å². The second kappa shape index (κ2) is 6.07. The fraction of sp³-hybridized carbons (Fsp3) is 0.0714. The van der Waals surface area contributed by atoms with E-state index in [0.29, 0.717) is 22.3 Å². The van der Waals surface area contributed by atoms with E-state index in [0.717, 1.165) is 5.56 Å². The van der Waals surface area contributed by atoms with Crippen molar-refractivity contribution >= 4 is 34.0 Å². The van der Waals surface area contributed by atoms with E-state index in [-0.39, 0.29) is 5.91 Å². The zero-order valence-corrected chi connectivity index (χ0v) is 12.4. The van der Waals surface area contributed by atoms with Crippen LogP contribution in [-0.4, -0.2) is 20.7 Å². The van der Waals surface area contributed by atoms with Gasteiger partial charge in [-0.1, -0.05) is 23.7 Å². The summed E-state index contributed by atoms with van der Waals surface area (Å²) >= 11 is 7.21. The van der Waals surface area contributed by atoms with Crippen molar-refractivity contribution in [1.82, 2.24) is 14.8 Å². The largest absolute Gasteiger partial charge is 0.298 e. The van der Waals surface area contributed by atoms with Gasteiger partial charge < -0.3 is 0 Å². The monoisotopic (exact) mass is 318 g/mol. The molecule has 1 amide bonds. The summed E-state index contributed by atoms with van der Waals surface area (Å²) in [7, 11) is 0. The highest BCUT2D eigenvalue weighted by atomic mass is 35.5. The maximum absolute atomic E-state index is 12.0. The van der Waals surface area contributed by atoms with Crippen molar-refractivity contribution in [2.75, 3.05) is 5.32 Å². The molecule has 3 rings (SSSR count). The van der Waals surface area contributed by atoms with Crippen LogP contribution in [-0.2, 0) is 6.54 Å². The van der Waals surface area contributed by atoms with Gasteiger partial charge in [-0.25, -0.2) is 4.98 Å². The van der Waals surface area contributed by atoms with Crippen LogP contribution in [0.2, 0.25) is 5.02 Å². The van der Waals surface area contributed by atoms with E-state index in [9.17, 15) is 4.79 Å². The van der Waals surface area contributed by atoms with Crippen molar-refractivity contribution < 1.29 is 4.79 Å². The SMILES string of the molecule is O=C(Nc1nccs1)c1ccc(Cn2cc(Cl)cn2)cc1. The predicted molar refractivity (Wildman–Crippen MR) is 82.8 cm³/mol. The number of hydrogen-bond donors (Lipinski definition) is 1. The lowest BCUT2D eigenvalue weighted by atomic mass is 10.1. The van der Waals surface area contributed by atoms with Gasteiger partial charge in [0, 0.05) is 23.3 Å². The standard InChI is InChI=1S/C14H11ClN4OS/c15-12-7-17-19(9-12)8-10-1-3-11(4-2-10)13(20)18-14-16-5-6-21-14/h1-7,9H,8H2,(H,16,18,20). The summed E-state index contributed by atoms with van der Waals surface area (Å²) in [5, 5.41) is 9.87. The van der Waals surface area contributed by atoms with Crippen LogP contribution in [0.4, 0.5) is 5.13 Å². The van der Waals surface area contributed by atoms with E-state index in [1.165, 1.54) is 11.3 Å². The van der Waals surface area contributed by atoms with Crippen LogP contribution in [0.15, 0.2) is 48.2 Å². The first kappa shape index (κ1) is 13.8. The van der Waals surface area contributed by atoms with Gasteiger partial charge in [-0.05, 0) is 17.7 Å². The fourth-order valence-electron chi connectivity index (χ4n) is 1.83. The Morgan fingerprint density at radius 2 is 2.14 bits per heavy atom. The number of thiazole rings is 1. The molecule has 2 aromatic heterocycles. The number of benzene rings is 1. The molecule has 0 saturated carbocycles. The van der Waals surface area contributed by atoms with Crippen LogP contribution in [0.1, 0.15) is 15.9 Å². The fourth-order valence-corrected chi connectivity index (χ4v) is 2.51. The number of aromatic nitrogens is 3. The highest BCUT2D eigenvalue weighted by molar-refractivity contribution is 7.13. The van der Waals surface area contributed by atoms with Crippen LogP contribution in [0.3, 0.4) is 0 Å². The zero-order chi connectivity index (χ0) is 14.7. The topological polar surface area (TPSA) is 59.8 Å². The summed E-state index contributed by atoms with van der Waals surface area (Å²) in [6.45, 7) is 0.612. The van der Waals surface area contributed by atoms with Gasteiger partial charge in [0.1, 0.15) is 0 Å². The van der Waals surface area contributed by atoms with Crippen LogP contribution in [0.25, 0.3) is 0 Å². The molecule has 1 aromatic carbocycles. The summed E-state index contributed by atoms with van der Waals surface area (Å²) in [4.78, 5) is 16.0. The lowest BCUT2D eigenvalue weighted by Gasteiger charge is -2.04. The Kier molecular flexibility index (Phi) is 3.98. The van der Waals surface area contributed by atoms with Gasteiger partial charge in [0.25, 0.3) is 5.91 Å². The minimum Gasteiger partial charge on any atom is -0.298 e. The smallest absolute Gasteiger partial charge is 0.257 e. The van der Waals surface area contributed by atoms with E-state index >= 15 is 0 Å². The molecule has 5 nitrogen and oxygen atoms in total. The number of nitrogens with one attached hydrogen (secondary N) is 1. The van der Waals surface area contributed by atoms with Crippen LogP contribution < -0.4 is 5.32 Å². The second-order valence-electron chi connectivity index (χ2n) is 4.34. The van der Waals surface area contributed by atoms with Crippen LogP contribution in [0.5, 0.6) is 0 Å². The molecule has 0 radical (unpaired) electrons. The third-order valence-corrected chi connectivity index (χ3v) is 3.70. The minimum absolute atomic E-state index is 0.168. The molecule has 0 aliphatic heterocycles. The van der Waals surface area contributed by atoms with E-state index in [1.54, 1.807) is 35.4 Å². The van der Waals surface area contributed by atoms with Gasteiger partial charge >= 0.3 is 0 Å². The first-order chi connectivity index (χ1) is 10.2. The lowest BCUT2D eigenvalue weighted by Crippen LogP contribution is -2.11. The molecule has 0 fully saturated rings. The first-order valence-corrected chi connectivity index (χ1v) is 7.44. The Hall–Kier alpha value is -2.18. The van der Waals surface area contributed by atoms with Crippen LogP contribution in [0, 0.1) is 0 Å². The number of nitrogens with zero attached hydrogens (tertiary/aromatic N) is 3. The summed E-state index contributed by atoms with van der Waals surface area (Å²) in [5.74, 6) is -0.168. The Morgan fingerprint density at radius 3 is 2.76 bits per heavy atom. The van der Waals surface area contributed by atoms with Gasteiger partial charge in [-0.15, -0.1) is 11.3 Å². The molecule has 0 saturated heterocycles. The van der Waals surface area contributed by atoms with Crippen molar-refractivity contribution in [3.8, 4) is 0 Å². The molecule has 0 aliphatic carbocycles. The van der Waals surface area contributed by atoms with E-state index in [1.807, 2.05) is 17.5 Å². The highest BCUT2D eigenvalue weighted by Gasteiger charge is 2.07. The molecule has 106 valence electrons. The minimum atomic E-state index is -0.168. The molecule has 0 bridgehead atoms. The molecule has 1 N–H and O–H groups in total. The number of carbonyl (C=O) groups is 1. The number of carbonyl (C=O) groups excluding carboxylic acids is 1. The molecular weight excluding hydrogens is 308 g/mol. The molecule has 0 unspecified atom stereocenters. The normalized spacial score (nSPS) is 10.5. The van der Waals surface area contributed by atoms with E-state index < -0.39 is 0 Å². The van der Waals surface area contributed by atoms with Gasteiger partial charge in [0.2, 0.25) is 0 Å². The van der Waals surface area contributed by atoms with Gasteiger partial charge in [-0.2, -0.15) is 5.10 Å². The summed E-state index contributed by atoms with van der Waals surface area (Å²) in [5.41, 5.74) is 1.63. The quantitative estimate of drug-likeness (QED) is 0.803. The summed E-state index contributed by atoms with van der Waals surface area (Å²) in [6.07, 6.45) is 5.00. The number of halogens is 1. The molecule has 3 aromatic rings. The Morgan fingerprint density at radius 1 is 1.33 bits per heavy atom. The molecule has 2 heterocycles. The maximum atomic E-state index is 12.0. The molecule has 0 spiro atoms. The number of rotatable bonds is 4. The van der Waals surface area contributed by atoms with E-state index in [2.05, 4.69) is 15.4 Å². The van der Waals surface area contributed by atoms with Crippen molar-refractivity contribution in [1.29, 1.82) is 0 Å². The number of anilines is 1. The Bertz CT molecular complexity index is 737. The predicted octanol–water partition coefficient (Wildman–Crippen LogP) is 3.29. The Balaban J connectivity index is 1.67. The molecule has 0 aliphatic rings. The average molecular weight is 319 g/mol. The van der Waals surface area contributed by atoms with Crippen molar-refractivity contribution in [3.63, 3.8) is 0 Å². The van der Waals surface area contributed by atoms with Crippen molar-refractivity contribution in [2.24, 2.45) is 0 Å². The Labute approximate surface area is 130 Å². The summed E-state index contributed by atoms with van der Waals surface area (Å²) < 4.78 is 1.74. The lowest BCUT2D eigenvalue weighted by molar-refractivity contribution is 0.102. The second-order valence-corrected chi connectivity index (χ2v) is 5.68. The first-order valence-electron chi connectivity index (χ1n) is 6.18. The van der Waals surface area contributed by atoms with Crippen molar-refractivity contribution in [2.45, 2.75) is 6.54 Å². The number of hydrogen-bond acceptors (Lipinski definition) is 4. The van der Waals surface area contributed by atoms with E-state index in [4.69, 9.17) is 11.6 Å².